The monoisotopic (exact) mass is 477 g/mol. The Kier molecular flexibility index (Phi) is 6.56. The molecule has 1 amide bonds. The van der Waals surface area contributed by atoms with Crippen molar-refractivity contribution in [3.05, 3.63) is 86.8 Å². The smallest absolute Gasteiger partial charge is 0.338 e. The van der Waals surface area contributed by atoms with Gasteiger partial charge in [-0.15, -0.1) is 11.3 Å². The Bertz CT molecular complexity index is 1280. The van der Waals surface area contributed by atoms with Crippen LogP contribution in [0.3, 0.4) is 0 Å². The quantitative estimate of drug-likeness (QED) is 0.394. The molecule has 4 rings (SSSR count). The van der Waals surface area contributed by atoms with Crippen molar-refractivity contribution in [1.82, 2.24) is 9.97 Å². The van der Waals surface area contributed by atoms with Gasteiger partial charge in [-0.25, -0.2) is 9.78 Å². The van der Waals surface area contributed by atoms with E-state index in [9.17, 15) is 19.5 Å². The fourth-order valence-corrected chi connectivity index (χ4v) is 4.73. The van der Waals surface area contributed by atoms with Crippen LogP contribution >= 0.6 is 11.3 Å². The normalized spacial score (nSPS) is 15.7. The number of amides is 1. The van der Waals surface area contributed by atoms with E-state index in [-0.39, 0.29) is 5.57 Å². The van der Waals surface area contributed by atoms with Gasteiger partial charge < -0.3 is 9.84 Å². The molecule has 1 unspecified atom stereocenters. The maximum Gasteiger partial charge on any atom is 0.338 e. The molecule has 0 saturated heterocycles. The van der Waals surface area contributed by atoms with Crippen LogP contribution < -0.4 is 4.90 Å². The van der Waals surface area contributed by atoms with Gasteiger partial charge >= 0.3 is 5.97 Å². The largest absolute Gasteiger partial charge is 0.503 e. The number of aromatic nitrogens is 2. The minimum Gasteiger partial charge on any atom is -0.503 e. The zero-order valence-corrected chi connectivity index (χ0v) is 19.8. The van der Waals surface area contributed by atoms with E-state index in [1.807, 2.05) is 6.92 Å². The molecule has 1 aromatic carbocycles. The van der Waals surface area contributed by atoms with Crippen molar-refractivity contribution in [3.8, 4) is 0 Å². The number of esters is 1. The number of Topliss-reactive ketones (excluding diaryl/α,β-unsaturated/α-hetero) is 1. The number of pyridine rings is 1. The van der Waals surface area contributed by atoms with Crippen LogP contribution in [0, 0.1) is 13.8 Å². The lowest BCUT2D eigenvalue weighted by atomic mass is 9.96. The second-order valence-electron chi connectivity index (χ2n) is 7.79. The molecule has 1 aliphatic rings. The molecule has 0 fully saturated rings. The Balaban J connectivity index is 1.76. The number of ketones is 1. The number of carbonyl (C=O) groups excluding carboxylic acids is 3. The fraction of sp³-hybridized carbons (Fsp3) is 0.240. The number of aliphatic hydroxyl groups is 1. The molecule has 1 N–H and O–H groups in total. The van der Waals surface area contributed by atoms with E-state index >= 15 is 0 Å². The van der Waals surface area contributed by atoms with Crippen molar-refractivity contribution in [2.45, 2.75) is 33.2 Å². The Morgan fingerprint density at radius 1 is 1.18 bits per heavy atom. The summed E-state index contributed by atoms with van der Waals surface area (Å²) >= 11 is 1.22. The number of anilines is 1. The van der Waals surface area contributed by atoms with Crippen molar-refractivity contribution >= 4 is 34.7 Å². The lowest BCUT2D eigenvalue weighted by Crippen LogP contribution is -2.31. The molecule has 0 saturated carbocycles. The summed E-state index contributed by atoms with van der Waals surface area (Å²) in [4.78, 5) is 49.1. The third-order valence-electron chi connectivity index (χ3n) is 5.38. The van der Waals surface area contributed by atoms with Crippen molar-refractivity contribution in [1.29, 1.82) is 0 Å². The third-order valence-corrected chi connectivity index (χ3v) is 6.45. The SMILES string of the molecule is CCCOC(=O)c1ccc(N2C(=O)C(O)=C(C(=O)c3sc(C)nc3C)C2c2cccnc2)cc1. The van der Waals surface area contributed by atoms with Gasteiger partial charge in [-0.1, -0.05) is 13.0 Å². The number of hydrogen-bond acceptors (Lipinski definition) is 8. The Morgan fingerprint density at radius 3 is 2.50 bits per heavy atom. The van der Waals surface area contributed by atoms with E-state index in [2.05, 4.69) is 9.97 Å². The van der Waals surface area contributed by atoms with Gasteiger partial charge in [0, 0.05) is 18.1 Å². The minimum absolute atomic E-state index is 0.0313. The summed E-state index contributed by atoms with van der Waals surface area (Å²) in [7, 11) is 0. The van der Waals surface area contributed by atoms with E-state index in [0.717, 1.165) is 0 Å². The van der Waals surface area contributed by atoms with Crippen molar-refractivity contribution in [2.75, 3.05) is 11.5 Å². The number of thiazole rings is 1. The topological polar surface area (TPSA) is 110 Å². The number of rotatable bonds is 7. The average Bonchev–Trinajstić information content (AvgIpc) is 3.32. The summed E-state index contributed by atoms with van der Waals surface area (Å²) in [6, 6.07) is 8.82. The number of aryl methyl sites for hydroxylation is 2. The van der Waals surface area contributed by atoms with E-state index < -0.39 is 29.5 Å². The van der Waals surface area contributed by atoms with Crippen LogP contribution in [0.2, 0.25) is 0 Å². The molecule has 0 aliphatic carbocycles. The van der Waals surface area contributed by atoms with Gasteiger partial charge in [-0.05, 0) is 56.2 Å². The van der Waals surface area contributed by atoms with Gasteiger partial charge in [0.05, 0.1) is 39.4 Å². The molecular formula is C25H23N3O5S. The summed E-state index contributed by atoms with van der Waals surface area (Å²) in [6.45, 7) is 5.73. The predicted octanol–water partition coefficient (Wildman–Crippen LogP) is 4.50. The summed E-state index contributed by atoms with van der Waals surface area (Å²) < 4.78 is 5.16. The van der Waals surface area contributed by atoms with Gasteiger partial charge in [0.25, 0.3) is 5.91 Å². The summed E-state index contributed by atoms with van der Waals surface area (Å²) in [5.74, 6) is -2.24. The maximum atomic E-state index is 13.5. The summed E-state index contributed by atoms with van der Waals surface area (Å²) in [5.41, 5.74) is 1.83. The van der Waals surface area contributed by atoms with Gasteiger partial charge in [-0.2, -0.15) is 0 Å². The minimum atomic E-state index is -0.895. The lowest BCUT2D eigenvalue weighted by Gasteiger charge is -2.26. The van der Waals surface area contributed by atoms with E-state index in [1.165, 1.54) is 16.2 Å². The molecule has 174 valence electrons. The molecule has 3 heterocycles. The van der Waals surface area contributed by atoms with Gasteiger partial charge in [0.15, 0.2) is 5.76 Å². The van der Waals surface area contributed by atoms with E-state index in [0.29, 0.717) is 45.4 Å². The first-order valence-corrected chi connectivity index (χ1v) is 11.6. The molecule has 1 atom stereocenters. The highest BCUT2D eigenvalue weighted by molar-refractivity contribution is 7.14. The zero-order chi connectivity index (χ0) is 24.4. The van der Waals surface area contributed by atoms with Crippen molar-refractivity contribution in [2.24, 2.45) is 0 Å². The first-order chi connectivity index (χ1) is 16.3. The zero-order valence-electron chi connectivity index (χ0n) is 18.9. The van der Waals surface area contributed by atoms with Gasteiger partial charge in [-0.3, -0.25) is 19.5 Å². The Labute approximate surface area is 200 Å². The second-order valence-corrected chi connectivity index (χ2v) is 8.99. The molecule has 34 heavy (non-hydrogen) atoms. The molecule has 0 bridgehead atoms. The number of benzene rings is 1. The number of aliphatic hydroxyl groups excluding tert-OH is 1. The molecule has 0 spiro atoms. The highest BCUT2D eigenvalue weighted by Gasteiger charge is 2.45. The van der Waals surface area contributed by atoms with Crippen LogP contribution in [0.15, 0.2) is 60.1 Å². The van der Waals surface area contributed by atoms with Crippen LogP contribution in [-0.2, 0) is 9.53 Å². The molecule has 0 radical (unpaired) electrons. The van der Waals surface area contributed by atoms with Crippen LogP contribution in [0.25, 0.3) is 0 Å². The number of nitrogens with zero attached hydrogens (tertiary/aromatic N) is 3. The average molecular weight is 478 g/mol. The number of carbonyl (C=O) groups is 3. The number of hydrogen-bond donors (Lipinski definition) is 1. The molecule has 8 nitrogen and oxygen atoms in total. The van der Waals surface area contributed by atoms with E-state index in [1.54, 1.807) is 62.6 Å². The van der Waals surface area contributed by atoms with Crippen molar-refractivity contribution in [3.63, 3.8) is 0 Å². The molecule has 2 aromatic heterocycles. The van der Waals surface area contributed by atoms with E-state index in [4.69, 9.17) is 4.74 Å². The highest BCUT2D eigenvalue weighted by atomic mass is 32.1. The number of ether oxygens (including phenoxy) is 1. The van der Waals surface area contributed by atoms with Gasteiger partial charge in [0.1, 0.15) is 0 Å². The Hall–Kier alpha value is -3.85. The van der Waals surface area contributed by atoms with Crippen molar-refractivity contribution < 1.29 is 24.2 Å². The summed E-state index contributed by atoms with van der Waals surface area (Å²) in [6.07, 6.45) is 3.85. The van der Waals surface area contributed by atoms with Crippen LogP contribution in [0.4, 0.5) is 5.69 Å². The summed E-state index contributed by atoms with van der Waals surface area (Å²) in [5, 5.41) is 11.6. The second kappa shape index (κ2) is 9.56. The molecule has 3 aromatic rings. The van der Waals surface area contributed by atoms with Crippen LogP contribution in [0.1, 0.15) is 55.7 Å². The van der Waals surface area contributed by atoms with Gasteiger partial charge in [0.2, 0.25) is 5.78 Å². The maximum absolute atomic E-state index is 13.5. The molecule has 9 heteroatoms. The Morgan fingerprint density at radius 2 is 1.91 bits per heavy atom. The van der Waals surface area contributed by atoms with Crippen LogP contribution in [0.5, 0.6) is 0 Å². The standard InChI is InChI=1S/C25H23N3O5S/c1-4-12-33-25(32)16-7-9-18(10-8-16)28-20(17-6-5-11-26-13-17)19(22(30)24(28)31)21(29)23-14(2)27-15(3)34-23/h5-11,13,20,30H,4,12H2,1-3H3. The molecular weight excluding hydrogens is 454 g/mol. The third kappa shape index (κ3) is 4.22. The fourth-order valence-electron chi connectivity index (χ4n) is 3.86. The predicted molar refractivity (Wildman–Crippen MR) is 127 cm³/mol. The molecule has 1 aliphatic heterocycles. The van der Waals surface area contributed by atoms with Crippen LogP contribution in [-0.4, -0.2) is 39.3 Å². The highest BCUT2D eigenvalue weighted by Crippen LogP contribution is 2.42. The first-order valence-electron chi connectivity index (χ1n) is 10.8. The lowest BCUT2D eigenvalue weighted by molar-refractivity contribution is -0.117. The first kappa shape index (κ1) is 23.3.